The minimum atomic E-state index is -0.832. The molecule has 1 heterocycles. The second-order valence-corrected chi connectivity index (χ2v) is 8.66. The van der Waals surface area contributed by atoms with Crippen LogP contribution in [0.3, 0.4) is 0 Å². The van der Waals surface area contributed by atoms with Gasteiger partial charge in [-0.2, -0.15) is 0 Å². The molecule has 36 heavy (non-hydrogen) atoms. The number of rotatable bonds is 11. The van der Waals surface area contributed by atoms with Gasteiger partial charge in [0.1, 0.15) is 17.5 Å². The van der Waals surface area contributed by atoms with Gasteiger partial charge in [-0.25, -0.2) is 0 Å². The molecule has 3 aromatic carbocycles. The van der Waals surface area contributed by atoms with Crippen LogP contribution in [0.25, 0.3) is 0 Å². The van der Waals surface area contributed by atoms with Gasteiger partial charge in [-0.1, -0.05) is 60.7 Å². The van der Waals surface area contributed by atoms with E-state index in [9.17, 15) is 9.59 Å². The Morgan fingerprint density at radius 3 is 2.31 bits per heavy atom. The third-order valence-corrected chi connectivity index (χ3v) is 6.14. The summed E-state index contributed by atoms with van der Waals surface area (Å²) in [6.45, 7) is 1.16. The van der Waals surface area contributed by atoms with Crippen LogP contribution in [0.5, 0.6) is 11.5 Å². The Kier molecular flexibility index (Phi) is 8.94. The molecule has 1 aliphatic heterocycles. The number of hydrogen-bond donors (Lipinski definition) is 1. The van der Waals surface area contributed by atoms with Gasteiger partial charge in [0.05, 0.1) is 13.2 Å². The average Bonchev–Trinajstić information content (AvgIpc) is 3.45. The Balaban J connectivity index is 1.60. The highest BCUT2D eigenvalue weighted by Gasteiger charge is 2.32. The van der Waals surface area contributed by atoms with Crippen LogP contribution in [-0.2, 0) is 20.9 Å². The third-order valence-electron chi connectivity index (χ3n) is 6.14. The zero-order valence-corrected chi connectivity index (χ0v) is 20.5. The van der Waals surface area contributed by atoms with Gasteiger partial charge in [0.2, 0.25) is 5.91 Å². The zero-order valence-electron chi connectivity index (χ0n) is 20.5. The average molecular weight is 489 g/mol. The zero-order chi connectivity index (χ0) is 25.2. The smallest absolute Gasteiger partial charge is 0.261 e. The Hall–Kier alpha value is -3.84. The number of carbonyl (C=O) groups excluding carboxylic acids is 2. The van der Waals surface area contributed by atoms with Gasteiger partial charge in [-0.05, 0) is 48.2 Å². The van der Waals surface area contributed by atoms with E-state index in [4.69, 9.17) is 14.2 Å². The van der Waals surface area contributed by atoms with E-state index in [2.05, 4.69) is 5.32 Å². The van der Waals surface area contributed by atoms with Gasteiger partial charge < -0.3 is 24.4 Å². The third kappa shape index (κ3) is 6.86. The molecule has 0 radical (unpaired) electrons. The minimum Gasteiger partial charge on any atom is -0.497 e. The van der Waals surface area contributed by atoms with Crippen molar-refractivity contribution in [3.63, 3.8) is 0 Å². The summed E-state index contributed by atoms with van der Waals surface area (Å²) in [7, 11) is 1.61. The Morgan fingerprint density at radius 2 is 1.67 bits per heavy atom. The van der Waals surface area contributed by atoms with Gasteiger partial charge in [0.15, 0.2) is 6.61 Å². The second-order valence-electron chi connectivity index (χ2n) is 8.66. The summed E-state index contributed by atoms with van der Waals surface area (Å²) in [6.07, 6.45) is 1.90. The summed E-state index contributed by atoms with van der Waals surface area (Å²) < 4.78 is 16.7. The van der Waals surface area contributed by atoms with Crippen molar-refractivity contribution >= 4 is 11.8 Å². The van der Waals surface area contributed by atoms with Gasteiger partial charge in [0.25, 0.3) is 5.91 Å². The predicted molar refractivity (Wildman–Crippen MR) is 137 cm³/mol. The SMILES string of the molecule is COc1ccc(CN(C(=O)COc2ccccc2)[C@H](C(=O)NC[C@H]2CCCO2)c2ccccc2)cc1. The highest BCUT2D eigenvalue weighted by Crippen LogP contribution is 2.25. The van der Waals surface area contributed by atoms with Crippen molar-refractivity contribution in [2.45, 2.75) is 31.5 Å². The fourth-order valence-corrected chi connectivity index (χ4v) is 4.22. The van der Waals surface area contributed by atoms with Crippen molar-refractivity contribution in [3.05, 3.63) is 96.1 Å². The van der Waals surface area contributed by atoms with E-state index in [1.165, 1.54) is 0 Å². The number of methoxy groups -OCH3 is 1. The lowest BCUT2D eigenvalue weighted by molar-refractivity contribution is -0.143. The van der Waals surface area contributed by atoms with Crippen LogP contribution < -0.4 is 14.8 Å². The predicted octanol–water partition coefficient (Wildman–Crippen LogP) is 4.14. The van der Waals surface area contributed by atoms with E-state index in [1.807, 2.05) is 72.8 Å². The Bertz CT molecular complexity index is 1100. The topological polar surface area (TPSA) is 77.1 Å². The van der Waals surface area contributed by atoms with Crippen LogP contribution in [0.2, 0.25) is 0 Å². The molecule has 0 saturated carbocycles. The summed E-state index contributed by atoms with van der Waals surface area (Å²) in [5.41, 5.74) is 1.60. The van der Waals surface area contributed by atoms with E-state index < -0.39 is 6.04 Å². The molecule has 1 aliphatic rings. The molecule has 0 bridgehead atoms. The fourth-order valence-electron chi connectivity index (χ4n) is 4.22. The number of nitrogens with zero attached hydrogens (tertiary/aromatic N) is 1. The number of nitrogens with one attached hydrogen (secondary N) is 1. The molecule has 1 fully saturated rings. The highest BCUT2D eigenvalue weighted by atomic mass is 16.5. The molecule has 1 saturated heterocycles. The first kappa shape index (κ1) is 25.3. The van der Waals surface area contributed by atoms with Crippen LogP contribution in [-0.4, -0.2) is 49.7 Å². The molecule has 0 unspecified atom stereocenters. The Labute approximate surface area is 212 Å². The minimum absolute atomic E-state index is 0.00229. The molecule has 0 aliphatic carbocycles. The normalized spacial score (nSPS) is 15.6. The maximum atomic E-state index is 13.6. The van der Waals surface area contributed by atoms with Crippen molar-refractivity contribution in [2.24, 2.45) is 0 Å². The lowest BCUT2D eigenvalue weighted by Crippen LogP contribution is -2.46. The van der Waals surface area contributed by atoms with E-state index in [1.54, 1.807) is 24.1 Å². The summed E-state index contributed by atoms with van der Waals surface area (Å²) in [6, 6.07) is 25.2. The van der Waals surface area contributed by atoms with Crippen molar-refractivity contribution in [1.29, 1.82) is 0 Å². The maximum absolute atomic E-state index is 13.6. The first-order chi connectivity index (χ1) is 17.6. The van der Waals surface area contributed by atoms with E-state index in [0.29, 0.717) is 18.9 Å². The van der Waals surface area contributed by atoms with Gasteiger partial charge in [0, 0.05) is 19.7 Å². The molecule has 0 aromatic heterocycles. The molecule has 7 heteroatoms. The van der Waals surface area contributed by atoms with E-state index >= 15 is 0 Å². The molecule has 0 spiro atoms. The monoisotopic (exact) mass is 488 g/mol. The molecule has 2 atom stereocenters. The Morgan fingerprint density at radius 1 is 0.972 bits per heavy atom. The number of carbonyl (C=O) groups is 2. The van der Waals surface area contributed by atoms with Crippen LogP contribution in [0.4, 0.5) is 0 Å². The van der Waals surface area contributed by atoms with Gasteiger partial charge >= 0.3 is 0 Å². The van der Waals surface area contributed by atoms with Crippen molar-refractivity contribution < 1.29 is 23.8 Å². The second kappa shape index (κ2) is 12.7. The highest BCUT2D eigenvalue weighted by molar-refractivity contribution is 5.89. The number of benzene rings is 3. The number of amides is 2. The first-order valence-electron chi connectivity index (χ1n) is 12.2. The van der Waals surface area contributed by atoms with Crippen LogP contribution in [0, 0.1) is 0 Å². The lowest BCUT2D eigenvalue weighted by atomic mass is 10.0. The van der Waals surface area contributed by atoms with Crippen molar-refractivity contribution in [3.8, 4) is 11.5 Å². The van der Waals surface area contributed by atoms with Crippen LogP contribution >= 0.6 is 0 Å². The lowest BCUT2D eigenvalue weighted by Gasteiger charge is -2.32. The van der Waals surface area contributed by atoms with Crippen LogP contribution in [0.15, 0.2) is 84.9 Å². The molecule has 4 rings (SSSR count). The molecule has 3 aromatic rings. The van der Waals surface area contributed by atoms with Gasteiger partial charge in [-0.3, -0.25) is 9.59 Å². The number of para-hydroxylation sites is 1. The van der Waals surface area contributed by atoms with Crippen molar-refractivity contribution in [1.82, 2.24) is 10.2 Å². The molecular formula is C29H32N2O5. The first-order valence-corrected chi connectivity index (χ1v) is 12.2. The molecule has 188 valence electrons. The van der Waals surface area contributed by atoms with E-state index in [0.717, 1.165) is 29.7 Å². The number of ether oxygens (including phenoxy) is 3. The van der Waals surface area contributed by atoms with E-state index in [-0.39, 0.29) is 31.1 Å². The summed E-state index contributed by atoms with van der Waals surface area (Å²) in [4.78, 5) is 28.8. The summed E-state index contributed by atoms with van der Waals surface area (Å²) in [5, 5.41) is 3.02. The molecule has 7 nitrogen and oxygen atoms in total. The number of hydrogen-bond acceptors (Lipinski definition) is 5. The molecule has 1 N–H and O–H groups in total. The molecule has 2 amide bonds. The standard InChI is InChI=1S/C29H32N2O5/c1-34-24-16-14-22(15-17-24)20-31(27(32)21-36-25-11-6-3-7-12-25)28(23-9-4-2-5-10-23)29(33)30-19-26-13-8-18-35-26/h2-7,9-12,14-17,26,28H,8,13,18-21H2,1H3,(H,30,33)/t26-,28+/m1/s1. The van der Waals surface area contributed by atoms with Gasteiger partial charge in [-0.15, -0.1) is 0 Å². The van der Waals surface area contributed by atoms with Crippen LogP contribution in [0.1, 0.15) is 30.0 Å². The summed E-state index contributed by atoms with van der Waals surface area (Å²) in [5.74, 6) is 0.765. The fraction of sp³-hybridized carbons (Fsp3) is 0.310. The maximum Gasteiger partial charge on any atom is 0.261 e. The quantitative estimate of drug-likeness (QED) is 0.439. The summed E-state index contributed by atoms with van der Waals surface area (Å²) >= 11 is 0. The van der Waals surface area contributed by atoms with Crippen molar-refractivity contribution in [2.75, 3.05) is 26.9 Å². The largest absolute Gasteiger partial charge is 0.497 e. The molecular weight excluding hydrogens is 456 g/mol.